The van der Waals surface area contributed by atoms with E-state index in [0.29, 0.717) is 13.0 Å². The number of benzene rings is 1. The van der Waals surface area contributed by atoms with Gasteiger partial charge in [-0.1, -0.05) is 18.2 Å². The van der Waals surface area contributed by atoms with Crippen molar-refractivity contribution < 1.29 is 14.6 Å². The van der Waals surface area contributed by atoms with Gasteiger partial charge in [0, 0.05) is 6.42 Å². The Morgan fingerprint density at radius 1 is 1.31 bits per heavy atom. The Bertz CT molecular complexity index is 364. The van der Waals surface area contributed by atoms with Gasteiger partial charge in [0.1, 0.15) is 5.75 Å². The van der Waals surface area contributed by atoms with Crippen molar-refractivity contribution in [3.05, 3.63) is 29.8 Å². The topological polar surface area (TPSA) is 46.5 Å². The molecule has 0 aliphatic heterocycles. The maximum Gasteiger partial charge on any atom is 0.311 e. The van der Waals surface area contributed by atoms with Crippen molar-refractivity contribution in [3.8, 4) is 5.75 Å². The van der Waals surface area contributed by atoms with Gasteiger partial charge in [0.2, 0.25) is 0 Å². The predicted octanol–water partition coefficient (Wildman–Crippen LogP) is 2.52. The highest BCUT2D eigenvalue weighted by Gasteiger charge is 2.22. The number of carbonyl (C=O) groups excluding carboxylic acids is 1. The molecule has 3 nitrogen and oxygen atoms in total. The third kappa shape index (κ3) is 3.57. The first-order chi connectivity index (χ1) is 7.41. The van der Waals surface area contributed by atoms with E-state index in [-0.39, 0.29) is 11.7 Å². The maximum atomic E-state index is 11.5. The van der Waals surface area contributed by atoms with Crippen molar-refractivity contribution in [2.75, 3.05) is 6.61 Å². The van der Waals surface area contributed by atoms with Crippen LogP contribution in [-0.2, 0) is 16.0 Å². The summed E-state index contributed by atoms with van der Waals surface area (Å²) < 4.78 is 5.12. The molecule has 0 amide bonds. The van der Waals surface area contributed by atoms with Crippen LogP contribution < -0.4 is 0 Å². The summed E-state index contributed by atoms with van der Waals surface area (Å²) in [5, 5.41) is 9.50. The van der Waals surface area contributed by atoms with E-state index in [9.17, 15) is 9.90 Å². The Labute approximate surface area is 96.1 Å². The van der Waals surface area contributed by atoms with Gasteiger partial charge >= 0.3 is 5.97 Å². The standard InChI is InChI=1S/C13H18O3/c1-13(2,3)12(15)16-9-8-10-6-4-5-7-11(10)14/h4-7,14H,8-9H2,1-3H3. The fourth-order valence-electron chi connectivity index (χ4n) is 1.19. The summed E-state index contributed by atoms with van der Waals surface area (Å²) in [5.41, 5.74) is 0.322. The van der Waals surface area contributed by atoms with Crippen LogP contribution in [0.15, 0.2) is 24.3 Å². The van der Waals surface area contributed by atoms with E-state index in [4.69, 9.17) is 4.74 Å². The number of phenols is 1. The zero-order valence-electron chi connectivity index (χ0n) is 9.99. The minimum atomic E-state index is -0.473. The third-order valence-electron chi connectivity index (χ3n) is 2.21. The summed E-state index contributed by atoms with van der Waals surface area (Å²) in [5.74, 6) is 0.0252. The maximum absolute atomic E-state index is 11.5. The minimum Gasteiger partial charge on any atom is -0.508 e. The molecule has 0 saturated heterocycles. The minimum absolute atomic E-state index is 0.220. The van der Waals surface area contributed by atoms with E-state index in [1.807, 2.05) is 32.9 Å². The number of phenolic OH excluding ortho intramolecular Hbond substituents is 1. The van der Waals surface area contributed by atoms with Gasteiger partial charge in [-0.3, -0.25) is 4.79 Å². The summed E-state index contributed by atoms with van der Waals surface area (Å²) in [6, 6.07) is 7.06. The normalized spacial score (nSPS) is 11.2. The molecule has 0 aliphatic rings. The summed E-state index contributed by atoms with van der Waals surface area (Å²) in [6.45, 7) is 5.74. The van der Waals surface area contributed by atoms with E-state index < -0.39 is 5.41 Å². The molecule has 0 spiro atoms. The Hall–Kier alpha value is -1.51. The predicted molar refractivity (Wildman–Crippen MR) is 62.2 cm³/mol. The first kappa shape index (κ1) is 12.6. The van der Waals surface area contributed by atoms with Crippen molar-refractivity contribution in [2.24, 2.45) is 5.41 Å². The second-order valence-electron chi connectivity index (χ2n) is 4.76. The van der Waals surface area contributed by atoms with Crippen LogP contribution in [0, 0.1) is 5.41 Å². The lowest BCUT2D eigenvalue weighted by molar-refractivity contribution is -0.152. The second-order valence-corrected chi connectivity index (χ2v) is 4.76. The van der Waals surface area contributed by atoms with Crippen molar-refractivity contribution in [1.82, 2.24) is 0 Å². The molecule has 1 aromatic carbocycles. The number of hydrogen-bond acceptors (Lipinski definition) is 3. The molecule has 1 aromatic rings. The van der Waals surface area contributed by atoms with Crippen LogP contribution in [0.3, 0.4) is 0 Å². The molecule has 0 aromatic heterocycles. The molecule has 0 aliphatic carbocycles. The second kappa shape index (κ2) is 5.01. The SMILES string of the molecule is CC(C)(C)C(=O)OCCc1ccccc1O. The Balaban J connectivity index is 2.43. The lowest BCUT2D eigenvalue weighted by Crippen LogP contribution is -2.23. The van der Waals surface area contributed by atoms with E-state index in [1.54, 1.807) is 12.1 Å². The Morgan fingerprint density at radius 3 is 2.50 bits per heavy atom. The van der Waals surface area contributed by atoms with E-state index >= 15 is 0 Å². The van der Waals surface area contributed by atoms with Gasteiger partial charge < -0.3 is 9.84 Å². The number of aromatic hydroxyl groups is 1. The molecule has 1 N–H and O–H groups in total. The van der Waals surface area contributed by atoms with Crippen molar-refractivity contribution in [2.45, 2.75) is 27.2 Å². The van der Waals surface area contributed by atoms with Gasteiger partial charge in [0.25, 0.3) is 0 Å². The summed E-state index contributed by atoms with van der Waals surface area (Å²) >= 11 is 0. The molecule has 0 heterocycles. The fraction of sp³-hybridized carbons (Fsp3) is 0.462. The highest BCUT2D eigenvalue weighted by molar-refractivity contribution is 5.75. The number of hydrogen-bond donors (Lipinski definition) is 1. The Morgan fingerprint density at radius 2 is 1.94 bits per heavy atom. The van der Waals surface area contributed by atoms with Crippen molar-refractivity contribution in [1.29, 1.82) is 0 Å². The molecule has 0 fully saturated rings. The third-order valence-corrected chi connectivity index (χ3v) is 2.21. The zero-order valence-corrected chi connectivity index (χ0v) is 9.99. The molecule has 0 radical (unpaired) electrons. The van der Waals surface area contributed by atoms with Crippen LogP contribution in [-0.4, -0.2) is 17.7 Å². The van der Waals surface area contributed by atoms with Crippen LogP contribution in [0.1, 0.15) is 26.3 Å². The number of rotatable bonds is 3. The van der Waals surface area contributed by atoms with Gasteiger partial charge in [-0.25, -0.2) is 0 Å². The lowest BCUT2D eigenvalue weighted by atomic mass is 9.97. The molecule has 88 valence electrons. The molecular weight excluding hydrogens is 204 g/mol. The van der Waals surface area contributed by atoms with Gasteiger partial charge in [-0.05, 0) is 32.4 Å². The zero-order chi connectivity index (χ0) is 12.2. The molecule has 16 heavy (non-hydrogen) atoms. The smallest absolute Gasteiger partial charge is 0.311 e. The molecule has 1 rings (SSSR count). The van der Waals surface area contributed by atoms with Crippen LogP contribution in [0.5, 0.6) is 5.75 Å². The van der Waals surface area contributed by atoms with Crippen LogP contribution in [0.2, 0.25) is 0 Å². The summed E-state index contributed by atoms with van der Waals surface area (Å²) in [6.07, 6.45) is 0.536. The summed E-state index contributed by atoms with van der Waals surface area (Å²) in [7, 11) is 0. The average molecular weight is 222 g/mol. The van der Waals surface area contributed by atoms with Crippen LogP contribution >= 0.6 is 0 Å². The first-order valence-corrected chi connectivity index (χ1v) is 5.35. The molecule has 0 atom stereocenters. The first-order valence-electron chi connectivity index (χ1n) is 5.35. The van der Waals surface area contributed by atoms with Crippen LogP contribution in [0.4, 0.5) is 0 Å². The molecule has 0 unspecified atom stereocenters. The van der Waals surface area contributed by atoms with Gasteiger partial charge in [0.15, 0.2) is 0 Å². The average Bonchev–Trinajstić information content (AvgIpc) is 2.19. The van der Waals surface area contributed by atoms with Gasteiger partial charge in [-0.15, -0.1) is 0 Å². The molecule has 0 bridgehead atoms. The van der Waals surface area contributed by atoms with E-state index in [1.165, 1.54) is 0 Å². The molecular formula is C13H18O3. The highest BCUT2D eigenvalue weighted by atomic mass is 16.5. The van der Waals surface area contributed by atoms with Gasteiger partial charge in [-0.2, -0.15) is 0 Å². The highest BCUT2D eigenvalue weighted by Crippen LogP contribution is 2.18. The monoisotopic (exact) mass is 222 g/mol. The Kier molecular flexibility index (Phi) is 3.93. The quantitative estimate of drug-likeness (QED) is 0.799. The van der Waals surface area contributed by atoms with Crippen molar-refractivity contribution in [3.63, 3.8) is 0 Å². The largest absolute Gasteiger partial charge is 0.508 e. The fourth-order valence-corrected chi connectivity index (χ4v) is 1.19. The van der Waals surface area contributed by atoms with Gasteiger partial charge in [0.05, 0.1) is 12.0 Å². The number of carbonyl (C=O) groups is 1. The van der Waals surface area contributed by atoms with Crippen LogP contribution in [0.25, 0.3) is 0 Å². The molecule has 3 heteroatoms. The summed E-state index contributed by atoms with van der Waals surface area (Å²) in [4.78, 5) is 11.5. The lowest BCUT2D eigenvalue weighted by Gasteiger charge is -2.16. The van der Waals surface area contributed by atoms with E-state index in [2.05, 4.69) is 0 Å². The molecule has 0 saturated carbocycles. The van der Waals surface area contributed by atoms with Crippen molar-refractivity contribution >= 4 is 5.97 Å². The number of esters is 1. The number of ether oxygens (including phenoxy) is 1. The number of para-hydroxylation sites is 1. The van der Waals surface area contributed by atoms with E-state index in [0.717, 1.165) is 5.56 Å².